The Labute approximate surface area is 162 Å². The number of sulfonamides is 1. The summed E-state index contributed by atoms with van der Waals surface area (Å²) in [5, 5.41) is 0. The molecule has 3 heterocycles. The fraction of sp³-hybridized carbons (Fsp3) is 0.368. The molecule has 0 amide bonds. The standard InChI is InChI=1S/C19H21N3O5S/c1-22-16-11-15(4-5-17(16)27-19(22)23)28(24,25)21-18(13-6-9-26-10-7-13)14-3-2-8-20-12-14/h2-5,8,11-13,18,21H,6-7,9-10H2,1H3/t18-/m1/s1. The molecule has 8 nitrogen and oxygen atoms in total. The Balaban J connectivity index is 1.70. The minimum Gasteiger partial charge on any atom is -0.408 e. The van der Waals surface area contributed by atoms with E-state index in [0.29, 0.717) is 24.3 Å². The third-order valence-electron chi connectivity index (χ3n) is 5.14. The zero-order valence-electron chi connectivity index (χ0n) is 15.4. The number of pyridine rings is 1. The number of ether oxygens (including phenoxy) is 1. The van der Waals surface area contributed by atoms with E-state index in [4.69, 9.17) is 9.15 Å². The second-order valence-electron chi connectivity index (χ2n) is 6.89. The van der Waals surface area contributed by atoms with Crippen LogP contribution in [0.1, 0.15) is 24.4 Å². The Morgan fingerprint density at radius 3 is 2.75 bits per heavy atom. The average molecular weight is 403 g/mol. The highest BCUT2D eigenvalue weighted by Crippen LogP contribution is 2.31. The number of rotatable bonds is 5. The number of fused-ring (bicyclic) bond motifs is 1. The summed E-state index contributed by atoms with van der Waals surface area (Å²) in [5.41, 5.74) is 1.59. The highest BCUT2D eigenvalue weighted by Gasteiger charge is 2.30. The summed E-state index contributed by atoms with van der Waals surface area (Å²) < 4.78 is 40.9. The molecule has 2 aromatic heterocycles. The van der Waals surface area contributed by atoms with Crippen molar-refractivity contribution in [2.75, 3.05) is 13.2 Å². The van der Waals surface area contributed by atoms with Crippen molar-refractivity contribution < 1.29 is 17.6 Å². The van der Waals surface area contributed by atoms with Crippen LogP contribution in [0.5, 0.6) is 0 Å². The van der Waals surface area contributed by atoms with Crippen LogP contribution in [-0.4, -0.2) is 31.2 Å². The summed E-state index contributed by atoms with van der Waals surface area (Å²) in [7, 11) is -2.29. The predicted octanol–water partition coefficient (Wildman–Crippen LogP) is 1.97. The van der Waals surface area contributed by atoms with E-state index in [0.717, 1.165) is 18.4 Å². The molecule has 1 atom stereocenters. The summed E-state index contributed by atoms with van der Waals surface area (Å²) in [5.74, 6) is -0.428. The van der Waals surface area contributed by atoms with Gasteiger partial charge in [0.25, 0.3) is 0 Å². The number of hydrogen-bond acceptors (Lipinski definition) is 6. The summed E-state index contributed by atoms with van der Waals surface area (Å²) in [6.45, 7) is 1.21. The van der Waals surface area contributed by atoms with Crippen molar-refractivity contribution in [1.82, 2.24) is 14.3 Å². The molecule has 0 saturated carbocycles. The fourth-order valence-corrected chi connectivity index (χ4v) is 4.87. The van der Waals surface area contributed by atoms with Gasteiger partial charge < -0.3 is 9.15 Å². The molecule has 0 bridgehead atoms. The molecule has 0 spiro atoms. The first-order valence-corrected chi connectivity index (χ1v) is 10.5. The van der Waals surface area contributed by atoms with E-state index >= 15 is 0 Å². The largest absolute Gasteiger partial charge is 0.419 e. The van der Waals surface area contributed by atoms with Gasteiger partial charge in [-0.2, -0.15) is 0 Å². The van der Waals surface area contributed by atoms with Crippen molar-refractivity contribution in [3.8, 4) is 0 Å². The molecule has 4 rings (SSSR count). The van der Waals surface area contributed by atoms with Crippen LogP contribution >= 0.6 is 0 Å². The molecule has 9 heteroatoms. The Bertz CT molecular complexity index is 1130. The molecule has 28 heavy (non-hydrogen) atoms. The highest BCUT2D eigenvalue weighted by atomic mass is 32.2. The molecular formula is C19H21N3O5S. The second-order valence-corrected chi connectivity index (χ2v) is 8.61. The molecule has 1 aliphatic rings. The normalized spacial score (nSPS) is 17.0. The maximum absolute atomic E-state index is 13.1. The van der Waals surface area contributed by atoms with Crippen LogP contribution in [0.2, 0.25) is 0 Å². The first kappa shape index (κ1) is 18.9. The van der Waals surface area contributed by atoms with Crippen LogP contribution in [0, 0.1) is 5.92 Å². The number of oxazole rings is 1. The third kappa shape index (κ3) is 3.60. The first-order valence-electron chi connectivity index (χ1n) is 9.05. The molecule has 0 radical (unpaired) electrons. The molecule has 1 saturated heterocycles. The van der Waals surface area contributed by atoms with Gasteiger partial charge in [-0.05, 0) is 48.6 Å². The van der Waals surface area contributed by atoms with Crippen molar-refractivity contribution in [3.63, 3.8) is 0 Å². The van der Waals surface area contributed by atoms with Crippen LogP contribution in [0.4, 0.5) is 0 Å². The average Bonchev–Trinajstić information content (AvgIpc) is 3.01. The predicted molar refractivity (Wildman–Crippen MR) is 102 cm³/mol. The van der Waals surface area contributed by atoms with Gasteiger partial charge in [0.15, 0.2) is 5.58 Å². The number of benzene rings is 1. The van der Waals surface area contributed by atoms with E-state index in [2.05, 4.69) is 9.71 Å². The summed E-state index contributed by atoms with van der Waals surface area (Å²) in [6.07, 6.45) is 4.87. The summed E-state index contributed by atoms with van der Waals surface area (Å²) in [6, 6.07) is 7.65. The van der Waals surface area contributed by atoms with Crippen molar-refractivity contribution in [1.29, 1.82) is 0 Å². The van der Waals surface area contributed by atoms with E-state index in [9.17, 15) is 13.2 Å². The lowest BCUT2D eigenvalue weighted by Crippen LogP contribution is -2.36. The zero-order chi connectivity index (χ0) is 19.7. The third-order valence-corrected chi connectivity index (χ3v) is 6.57. The van der Waals surface area contributed by atoms with E-state index in [1.165, 1.54) is 22.8 Å². The molecule has 3 aromatic rings. The lowest BCUT2D eigenvalue weighted by Gasteiger charge is -2.31. The number of aromatic nitrogens is 2. The zero-order valence-corrected chi connectivity index (χ0v) is 16.2. The van der Waals surface area contributed by atoms with E-state index < -0.39 is 21.8 Å². The van der Waals surface area contributed by atoms with Gasteiger partial charge in [0.1, 0.15) is 0 Å². The topological polar surface area (TPSA) is 103 Å². The molecule has 1 fully saturated rings. The smallest absolute Gasteiger partial charge is 0.408 e. The number of aryl methyl sites for hydroxylation is 1. The van der Waals surface area contributed by atoms with Gasteiger partial charge in [-0.1, -0.05) is 6.07 Å². The Morgan fingerprint density at radius 2 is 2.04 bits per heavy atom. The summed E-state index contributed by atoms with van der Waals surface area (Å²) in [4.78, 5) is 15.9. The summed E-state index contributed by atoms with van der Waals surface area (Å²) >= 11 is 0. The maximum atomic E-state index is 13.1. The number of nitrogens with one attached hydrogen (secondary N) is 1. The minimum atomic E-state index is -3.83. The van der Waals surface area contributed by atoms with Crippen molar-refractivity contribution in [3.05, 3.63) is 58.8 Å². The number of hydrogen-bond donors (Lipinski definition) is 1. The van der Waals surface area contributed by atoms with Gasteiger partial charge in [0, 0.05) is 32.7 Å². The lowest BCUT2D eigenvalue weighted by atomic mass is 9.88. The van der Waals surface area contributed by atoms with Gasteiger partial charge >= 0.3 is 5.76 Å². The first-order chi connectivity index (χ1) is 13.5. The lowest BCUT2D eigenvalue weighted by molar-refractivity contribution is 0.0564. The maximum Gasteiger partial charge on any atom is 0.419 e. The van der Waals surface area contributed by atoms with Crippen LogP contribution in [0.15, 0.2) is 56.8 Å². The Morgan fingerprint density at radius 1 is 1.25 bits per heavy atom. The molecule has 1 aliphatic heterocycles. The second kappa shape index (κ2) is 7.50. The SMILES string of the molecule is Cn1c(=O)oc2ccc(S(=O)(=O)N[C@@H](c3cccnc3)C3CCOCC3)cc21. The van der Waals surface area contributed by atoms with E-state index in [1.54, 1.807) is 25.5 Å². The molecule has 0 aliphatic carbocycles. The van der Waals surface area contributed by atoms with Gasteiger partial charge in [0.05, 0.1) is 16.5 Å². The molecule has 1 N–H and O–H groups in total. The van der Waals surface area contributed by atoms with Gasteiger partial charge in [0.2, 0.25) is 10.0 Å². The van der Waals surface area contributed by atoms with Crippen molar-refractivity contribution in [2.24, 2.45) is 13.0 Å². The van der Waals surface area contributed by atoms with Crippen LogP contribution in [-0.2, 0) is 21.8 Å². The molecular weight excluding hydrogens is 382 g/mol. The monoisotopic (exact) mass is 403 g/mol. The minimum absolute atomic E-state index is 0.0809. The van der Waals surface area contributed by atoms with Crippen molar-refractivity contribution >= 4 is 21.1 Å². The molecule has 0 unspecified atom stereocenters. The van der Waals surface area contributed by atoms with Gasteiger partial charge in [-0.3, -0.25) is 9.55 Å². The Hall–Kier alpha value is -2.49. The van der Waals surface area contributed by atoms with E-state index in [-0.39, 0.29) is 10.8 Å². The van der Waals surface area contributed by atoms with Crippen LogP contribution < -0.4 is 10.5 Å². The quantitative estimate of drug-likeness (QED) is 0.699. The highest BCUT2D eigenvalue weighted by molar-refractivity contribution is 7.89. The fourth-order valence-electron chi connectivity index (χ4n) is 3.55. The van der Waals surface area contributed by atoms with Crippen molar-refractivity contribution in [2.45, 2.75) is 23.8 Å². The number of nitrogens with zero attached hydrogens (tertiary/aromatic N) is 2. The Kier molecular flexibility index (Phi) is 5.05. The van der Waals surface area contributed by atoms with E-state index in [1.807, 2.05) is 6.07 Å². The van der Waals surface area contributed by atoms with Crippen LogP contribution in [0.3, 0.4) is 0 Å². The van der Waals surface area contributed by atoms with Gasteiger partial charge in [-0.15, -0.1) is 0 Å². The molecule has 1 aromatic carbocycles. The van der Waals surface area contributed by atoms with Gasteiger partial charge in [-0.25, -0.2) is 17.9 Å². The van der Waals surface area contributed by atoms with Crippen LogP contribution in [0.25, 0.3) is 11.1 Å². The molecule has 148 valence electrons.